The van der Waals surface area contributed by atoms with Gasteiger partial charge in [-0.05, 0) is 58.7 Å². The molecule has 0 heterocycles. The molecule has 0 saturated carbocycles. The van der Waals surface area contributed by atoms with E-state index in [1.165, 1.54) is 6.07 Å². The molecule has 18 heavy (non-hydrogen) atoms. The van der Waals surface area contributed by atoms with Gasteiger partial charge in [0, 0.05) is 11.6 Å². The molecular formula is C14H23FN2O. The van der Waals surface area contributed by atoms with Crippen molar-refractivity contribution in [3.8, 4) is 5.75 Å². The normalized spacial score (nSPS) is 12.8. The van der Waals surface area contributed by atoms with E-state index >= 15 is 0 Å². The number of hydrogen-bond acceptors (Lipinski definition) is 3. The van der Waals surface area contributed by atoms with Crippen LogP contribution in [0.25, 0.3) is 0 Å². The van der Waals surface area contributed by atoms with Crippen LogP contribution < -0.4 is 10.1 Å². The first-order valence-electron chi connectivity index (χ1n) is 6.24. The number of hydrogen-bond donors (Lipinski definition) is 1. The summed E-state index contributed by atoms with van der Waals surface area (Å²) in [6.45, 7) is 0.960. The average Bonchev–Trinajstić information content (AvgIpc) is 2.34. The number of halogens is 1. The maximum absolute atomic E-state index is 13.4. The first-order valence-corrected chi connectivity index (χ1v) is 6.24. The van der Waals surface area contributed by atoms with Gasteiger partial charge in [-0.1, -0.05) is 0 Å². The van der Waals surface area contributed by atoms with Crippen LogP contribution in [0.4, 0.5) is 4.39 Å². The van der Waals surface area contributed by atoms with E-state index in [-0.39, 0.29) is 11.9 Å². The Balaban J connectivity index is 2.93. The Morgan fingerprint density at radius 3 is 2.67 bits per heavy atom. The molecule has 0 fully saturated rings. The molecule has 0 amide bonds. The minimum Gasteiger partial charge on any atom is -0.496 e. The van der Waals surface area contributed by atoms with Gasteiger partial charge in [0.1, 0.15) is 11.6 Å². The maximum atomic E-state index is 13.4. The summed E-state index contributed by atoms with van der Waals surface area (Å²) in [5.41, 5.74) is 0.915. The molecule has 1 atom stereocenters. The highest BCUT2D eigenvalue weighted by molar-refractivity contribution is 5.36. The van der Waals surface area contributed by atoms with Gasteiger partial charge in [0.25, 0.3) is 0 Å². The Kier molecular flexibility index (Phi) is 6.09. The van der Waals surface area contributed by atoms with Crippen molar-refractivity contribution in [2.24, 2.45) is 0 Å². The lowest BCUT2D eigenvalue weighted by molar-refractivity contribution is 0.269. The summed E-state index contributed by atoms with van der Waals surface area (Å²) in [6, 6.07) is 4.87. The fourth-order valence-corrected chi connectivity index (χ4v) is 2.13. The molecule has 0 aliphatic heterocycles. The highest BCUT2D eigenvalue weighted by Crippen LogP contribution is 2.31. The summed E-state index contributed by atoms with van der Waals surface area (Å²) in [6.07, 6.45) is 2.01. The fourth-order valence-electron chi connectivity index (χ4n) is 2.13. The predicted octanol–water partition coefficient (Wildman–Crippen LogP) is 2.44. The second kappa shape index (κ2) is 7.34. The molecule has 0 saturated heterocycles. The van der Waals surface area contributed by atoms with Crippen LogP contribution in [0, 0.1) is 5.82 Å². The first-order chi connectivity index (χ1) is 8.60. The van der Waals surface area contributed by atoms with Crippen LogP contribution in [0.15, 0.2) is 18.2 Å². The van der Waals surface area contributed by atoms with Gasteiger partial charge in [0.05, 0.1) is 7.11 Å². The van der Waals surface area contributed by atoms with Gasteiger partial charge in [0.2, 0.25) is 0 Å². The van der Waals surface area contributed by atoms with Gasteiger partial charge in [-0.15, -0.1) is 0 Å². The van der Waals surface area contributed by atoms with Crippen molar-refractivity contribution in [2.75, 3.05) is 34.8 Å². The van der Waals surface area contributed by atoms with Crippen molar-refractivity contribution < 1.29 is 9.13 Å². The van der Waals surface area contributed by atoms with E-state index in [0.29, 0.717) is 0 Å². The standard InChI is InChI=1S/C14H23FN2O/c1-16-9-5-6-13(17(2)3)12-10-11(15)7-8-14(12)18-4/h7-8,10,13,16H,5-6,9H2,1-4H3. The molecule has 1 unspecified atom stereocenters. The number of nitrogens with one attached hydrogen (secondary N) is 1. The van der Waals surface area contributed by atoms with E-state index in [4.69, 9.17) is 4.74 Å². The van der Waals surface area contributed by atoms with Crippen molar-refractivity contribution in [3.05, 3.63) is 29.6 Å². The second-order valence-electron chi connectivity index (χ2n) is 4.61. The Morgan fingerprint density at radius 2 is 2.11 bits per heavy atom. The van der Waals surface area contributed by atoms with Crippen LogP contribution in [0.2, 0.25) is 0 Å². The summed E-state index contributed by atoms with van der Waals surface area (Å²) >= 11 is 0. The van der Waals surface area contributed by atoms with E-state index < -0.39 is 0 Å². The van der Waals surface area contributed by atoms with Crippen LogP contribution in [0.5, 0.6) is 5.75 Å². The van der Waals surface area contributed by atoms with E-state index in [1.807, 2.05) is 21.1 Å². The molecule has 0 radical (unpaired) electrons. The van der Waals surface area contributed by atoms with Gasteiger partial charge in [-0.25, -0.2) is 4.39 Å². The largest absolute Gasteiger partial charge is 0.496 e. The lowest BCUT2D eigenvalue weighted by Gasteiger charge is -2.26. The van der Waals surface area contributed by atoms with Gasteiger partial charge < -0.3 is 15.0 Å². The first kappa shape index (κ1) is 14.9. The van der Waals surface area contributed by atoms with Crippen LogP contribution in [-0.2, 0) is 0 Å². The number of methoxy groups -OCH3 is 1. The summed E-state index contributed by atoms with van der Waals surface area (Å²) < 4.78 is 18.7. The Morgan fingerprint density at radius 1 is 1.39 bits per heavy atom. The highest BCUT2D eigenvalue weighted by atomic mass is 19.1. The molecule has 1 N–H and O–H groups in total. The molecule has 0 aliphatic carbocycles. The van der Waals surface area contributed by atoms with Gasteiger partial charge >= 0.3 is 0 Å². The molecule has 1 aromatic carbocycles. The number of ether oxygens (including phenoxy) is 1. The minimum absolute atomic E-state index is 0.170. The van der Waals surface area contributed by atoms with Crippen LogP contribution in [-0.4, -0.2) is 39.7 Å². The van der Waals surface area contributed by atoms with Crippen molar-refractivity contribution in [1.29, 1.82) is 0 Å². The van der Waals surface area contributed by atoms with Crippen LogP contribution in [0.3, 0.4) is 0 Å². The molecule has 102 valence electrons. The average molecular weight is 254 g/mol. The molecule has 3 nitrogen and oxygen atoms in total. The topological polar surface area (TPSA) is 24.5 Å². The lowest BCUT2D eigenvalue weighted by atomic mass is 9.99. The SMILES string of the molecule is CNCCCC(c1cc(F)ccc1OC)N(C)C. The molecule has 0 bridgehead atoms. The quantitative estimate of drug-likeness (QED) is 0.756. The van der Waals surface area contributed by atoms with E-state index in [2.05, 4.69) is 10.2 Å². The van der Waals surface area contributed by atoms with Gasteiger partial charge in [-0.2, -0.15) is 0 Å². The molecule has 0 aliphatic rings. The molecule has 1 rings (SSSR count). The van der Waals surface area contributed by atoms with E-state index in [1.54, 1.807) is 19.2 Å². The summed E-state index contributed by atoms with van der Waals surface area (Å²) in [5.74, 6) is 0.533. The fraction of sp³-hybridized carbons (Fsp3) is 0.571. The van der Waals surface area contributed by atoms with E-state index in [9.17, 15) is 4.39 Å². The van der Waals surface area contributed by atoms with Crippen LogP contribution in [0.1, 0.15) is 24.4 Å². The molecular weight excluding hydrogens is 231 g/mol. The zero-order valence-electron chi connectivity index (χ0n) is 11.7. The van der Waals surface area contributed by atoms with Crippen LogP contribution >= 0.6 is 0 Å². The monoisotopic (exact) mass is 254 g/mol. The zero-order chi connectivity index (χ0) is 13.5. The Bertz CT molecular complexity index is 369. The van der Waals surface area contributed by atoms with Gasteiger partial charge in [0.15, 0.2) is 0 Å². The summed E-state index contributed by atoms with van der Waals surface area (Å²) in [4.78, 5) is 2.10. The molecule has 4 heteroatoms. The summed E-state index contributed by atoms with van der Waals surface area (Å²) in [5, 5.41) is 3.13. The van der Waals surface area contributed by atoms with Crippen molar-refractivity contribution in [1.82, 2.24) is 10.2 Å². The minimum atomic E-state index is -0.216. The molecule has 1 aromatic rings. The third-order valence-electron chi connectivity index (χ3n) is 3.08. The number of nitrogens with zero attached hydrogens (tertiary/aromatic N) is 1. The summed E-state index contributed by atoms with van der Waals surface area (Å²) in [7, 11) is 7.58. The maximum Gasteiger partial charge on any atom is 0.123 e. The molecule has 0 spiro atoms. The van der Waals surface area contributed by atoms with E-state index in [0.717, 1.165) is 30.7 Å². The highest BCUT2D eigenvalue weighted by Gasteiger charge is 2.18. The third kappa shape index (κ3) is 3.96. The lowest BCUT2D eigenvalue weighted by Crippen LogP contribution is -2.22. The number of rotatable bonds is 7. The Labute approximate surface area is 109 Å². The predicted molar refractivity (Wildman–Crippen MR) is 72.5 cm³/mol. The van der Waals surface area contributed by atoms with Gasteiger partial charge in [-0.3, -0.25) is 0 Å². The smallest absolute Gasteiger partial charge is 0.123 e. The van der Waals surface area contributed by atoms with Crippen molar-refractivity contribution in [3.63, 3.8) is 0 Å². The Hall–Kier alpha value is -1.13. The van der Waals surface area contributed by atoms with Crippen molar-refractivity contribution >= 4 is 0 Å². The molecule has 0 aromatic heterocycles. The van der Waals surface area contributed by atoms with Crippen molar-refractivity contribution in [2.45, 2.75) is 18.9 Å². The zero-order valence-corrected chi connectivity index (χ0v) is 11.7. The second-order valence-corrected chi connectivity index (χ2v) is 4.61. The number of benzene rings is 1. The third-order valence-corrected chi connectivity index (χ3v) is 3.08.